The smallest absolute Gasteiger partial charge is 0.272 e. The van der Waals surface area contributed by atoms with Crippen molar-refractivity contribution in [2.24, 2.45) is 0 Å². The molecule has 218 valence electrons. The van der Waals surface area contributed by atoms with Gasteiger partial charge >= 0.3 is 0 Å². The van der Waals surface area contributed by atoms with Crippen LogP contribution in [0.15, 0.2) is 108 Å². The Hall–Kier alpha value is -4.73. The van der Waals surface area contributed by atoms with E-state index in [4.69, 9.17) is 21.1 Å². The third kappa shape index (κ3) is 7.77. The zero-order chi connectivity index (χ0) is 30.2. The Morgan fingerprint density at radius 2 is 1.60 bits per heavy atom. The minimum Gasteiger partial charge on any atom is -0.454 e. The summed E-state index contributed by atoms with van der Waals surface area (Å²) in [5.74, 6) is 0.110. The van der Waals surface area contributed by atoms with Crippen molar-refractivity contribution in [1.29, 1.82) is 0 Å². The molecule has 0 bridgehead atoms. The van der Waals surface area contributed by atoms with Gasteiger partial charge in [0.15, 0.2) is 11.5 Å². The van der Waals surface area contributed by atoms with Gasteiger partial charge in [0.05, 0.1) is 5.25 Å². The maximum atomic E-state index is 13.4. The number of fused-ring (bicyclic) bond motifs is 1. The molecule has 0 spiro atoms. The predicted octanol–water partition coefficient (Wildman–Crippen LogP) is 6.99. The van der Waals surface area contributed by atoms with Crippen molar-refractivity contribution in [3.8, 4) is 11.5 Å². The normalized spacial score (nSPS) is 12.7. The summed E-state index contributed by atoms with van der Waals surface area (Å²) in [7, 11) is 0. The van der Waals surface area contributed by atoms with E-state index in [0.29, 0.717) is 45.4 Å². The number of carbonyl (C=O) groups is 3. The standard InChI is InChI=1S/C33H28ClN3O5S/c1-2-30(33(40)36-24-15-16-28-29(19-24)42-20-41-28)43-25-13-8-12-23(18-25)35-32(39)27(17-22-11-6-7-14-26(22)34)37-31(38)21-9-4-3-5-10-21/h3-19,30H,2,20H2,1H3,(H,35,39)(H,36,40)(H,37,38)/b27-17+. The first-order valence-electron chi connectivity index (χ1n) is 13.5. The van der Waals surface area contributed by atoms with Gasteiger partial charge in [-0.3, -0.25) is 14.4 Å². The molecule has 1 atom stereocenters. The van der Waals surface area contributed by atoms with Gasteiger partial charge in [-0.05, 0) is 66.6 Å². The second kappa shape index (κ2) is 14.0. The number of hydrogen-bond donors (Lipinski definition) is 3. The first-order chi connectivity index (χ1) is 20.9. The molecule has 3 N–H and O–H groups in total. The van der Waals surface area contributed by atoms with Gasteiger partial charge in [-0.2, -0.15) is 0 Å². The van der Waals surface area contributed by atoms with Crippen molar-refractivity contribution in [3.05, 3.63) is 119 Å². The summed E-state index contributed by atoms with van der Waals surface area (Å²) in [6, 6.07) is 28.1. The fraction of sp³-hybridized carbons (Fsp3) is 0.121. The number of halogens is 1. The Labute approximate surface area is 258 Å². The SMILES string of the molecule is CCC(Sc1cccc(NC(=O)/C(=C\c2ccccc2Cl)NC(=O)c2ccccc2)c1)C(=O)Nc1ccc2c(c1)OCO2. The van der Waals surface area contributed by atoms with Crippen LogP contribution in [-0.4, -0.2) is 29.8 Å². The summed E-state index contributed by atoms with van der Waals surface area (Å²) in [5, 5.41) is 8.56. The van der Waals surface area contributed by atoms with Crippen LogP contribution in [0.5, 0.6) is 11.5 Å². The summed E-state index contributed by atoms with van der Waals surface area (Å²) in [4.78, 5) is 40.3. The van der Waals surface area contributed by atoms with Crippen LogP contribution in [0.3, 0.4) is 0 Å². The van der Waals surface area contributed by atoms with E-state index in [1.54, 1.807) is 91.0 Å². The molecular formula is C33H28ClN3O5S. The Morgan fingerprint density at radius 3 is 2.40 bits per heavy atom. The van der Waals surface area contributed by atoms with Gasteiger partial charge in [0.2, 0.25) is 12.7 Å². The molecule has 4 aromatic carbocycles. The average molecular weight is 614 g/mol. The highest BCUT2D eigenvalue weighted by molar-refractivity contribution is 8.00. The number of nitrogens with one attached hydrogen (secondary N) is 3. The van der Waals surface area contributed by atoms with Crippen LogP contribution in [0.1, 0.15) is 29.3 Å². The van der Waals surface area contributed by atoms with Crippen molar-refractivity contribution in [2.75, 3.05) is 17.4 Å². The molecule has 4 aromatic rings. The molecule has 10 heteroatoms. The van der Waals surface area contributed by atoms with Crippen LogP contribution >= 0.6 is 23.4 Å². The quantitative estimate of drug-likeness (QED) is 0.132. The Morgan fingerprint density at radius 1 is 0.860 bits per heavy atom. The van der Waals surface area contributed by atoms with Crippen LogP contribution < -0.4 is 25.4 Å². The topological polar surface area (TPSA) is 106 Å². The monoisotopic (exact) mass is 613 g/mol. The van der Waals surface area contributed by atoms with Crippen LogP contribution in [0.2, 0.25) is 5.02 Å². The number of thioether (sulfide) groups is 1. The van der Waals surface area contributed by atoms with E-state index >= 15 is 0 Å². The number of benzene rings is 4. The van der Waals surface area contributed by atoms with Crippen molar-refractivity contribution in [3.63, 3.8) is 0 Å². The summed E-state index contributed by atoms with van der Waals surface area (Å²) in [6.07, 6.45) is 2.11. The fourth-order valence-corrected chi connectivity index (χ4v) is 5.42. The first kappa shape index (κ1) is 29.8. The summed E-state index contributed by atoms with van der Waals surface area (Å²) in [6.45, 7) is 2.09. The lowest BCUT2D eigenvalue weighted by Gasteiger charge is -2.16. The molecule has 3 amide bonds. The van der Waals surface area contributed by atoms with Gasteiger partial charge < -0.3 is 25.4 Å². The molecular weight excluding hydrogens is 586 g/mol. The van der Waals surface area contributed by atoms with Gasteiger partial charge in [0.25, 0.3) is 11.8 Å². The fourth-order valence-electron chi connectivity index (χ4n) is 4.22. The van der Waals surface area contributed by atoms with Crippen molar-refractivity contribution < 1.29 is 23.9 Å². The molecule has 0 aromatic heterocycles. The van der Waals surface area contributed by atoms with E-state index in [0.717, 1.165) is 4.90 Å². The van der Waals surface area contributed by atoms with E-state index < -0.39 is 17.1 Å². The maximum Gasteiger partial charge on any atom is 0.272 e. The average Bonchev–Trinajstić information content (AvgIpc) is 3.49. The number of carbonyl (C=O) groups excluding carboxylic acids is 3. The van der Waals surface area contributed by atoms with Crippen LogP contribution in [0.4, 0.5) is 11.4 Å². The number of ether oxygens (including phenoxy) is 2. The van der Waals surface area contributed by atoms with E-state index in [-0.39, 0.29) is 18.4 Å². The highest BCUT2D eigenvalue weighted by Gasteiger charge is 2.21. The largest absolute Gasteiger partial charge is 0.454 e. The van der Waals surface area contributed by atoms with Gasteiger partial charge in [0.1, 0.15) is 5.70 Å². The summed E-state index contributed by atoms with van der Waals surface area (Å²) in [5.41, 5.74) is 2.12. The first-order valence-corrected chi connectivity index (χ1v) is 14.8. The lowest BCUT2D eigenvalue weighted by atomic mass is 10.1. The van der Waals surface area contributed by atoms with Gasteiger partial charge in [-0.25, -0.2) is 0 Å². The lowest BCUT2D eigenvalue weighted by Crippen LogP contribution is -2.30. The highest BCUT2D eigenvalue weighted by Crippen LogP contribution is 2.35. The maximum absolute atomic E-state index is 13.4. The van der Waals surface area contributed by atoms with Crippen molar-refractivity contribution in [2.45, 2.75) is 23.5 Å². The zero-order valence-corrected chi connectivity index (χ0v) is 24.7. The van der Waals surface area contributed by atoms with E-state index in [1.807, 2.05) is 13.0 Å². The molecule has 43 heavy (non-hydrogen) atoms. The van der Waals surface area contributed by atoms with Crippen LogP contribution in [0.25, 0.3) is 6.08 Å². The Kier molecular flexibility index (Phi) is 9.66. The van der Waals surface area contributed by atoms with E-state index in [9.17, 15) is 14.4 Å². The lowest BCUT2D eigenvalue weighted by molar-refractivity contribution is -0.116. The molecule has 0 fully saturated rings. The second-order valence-electron chi connectivity index (χ2n) is 9.45. The molecule has 1 aliphatic heterocycles. The number of amides is 3. The molecule has 0 saturated carbocycles. The van der Waals surface area contributed by atoms with Crippen molar-refractivity contribution >= 4 is 58.5 Å². The Balaban J connectivity index is 1.29. The predicted molar refractivity (Wildman–Crippen MR) is 170 cm³/mol. The van der Waals surface area contributed by atoms with E-state index in [1.165, 1.54) is 17.8 Å². The molecule has 1 heterocycles. The third-order valence-corrected chi connectivity index (χ3v) is 8.11. The molecule has 8 nitrogen and oxygen atoms in total. The molecule has 1 unspecified atom stereocenters. The molecule has 1 aliphatic rings. The number of hydrogen-bond acceptors (Lipinski definition) is 6. The van der Waals surface area contributed by atoms with Gasteiger partial charge in [-0.15, -0.1) is 11.8 Å². The molecule has 5 rings (SSSR count). The minimum atomic E-state index is -0.529. The molecule has 0 aliphatic carbocycles. The van der Waals surface area contributed by atoms with Gasteiger partial charge in [-0.1, -0.05) is 61.0 Å². The van der Waals surface area contributed by atoms with Crippen LogP contribution in [-0.2, 0) is 9.59 Å². The second-order valence-corrected chi connectivity index (χ2v) is 11.1. The van der Waals surface area contributed by atoms with Gasteiger partial charge in [0, 0.05) is 32.9 Å². The number of anilines is 2. The zero-order valence-electron chi connectivity index (χ0n) is 23.1. The third-order valence-electron chi connectivity index (χ3n) is 6.41. The summed E-state index contributed by atoms with van der Waals surface area (Å²) < 4.78 is 10.7. The minimum absolute atomic E-state index is 0.0227. The van der Waals surface area contributed by atoms with Crippen LogP contribution in [0, 0.1) is 0 Å². The van der Waals surface area contributed by atoms with Crippen molar-refractivity contribution in [1.82, 2.24) is 5.32 Å². The Bertz CT molecular complexity index is 1680. The number of rotatable bonds is 10. The molecule has 0 radical (unpaired) electrons. The van der Waals surface area contributed by atoms with E-state index in [2.05, 4.69) is 16.0 Å². The molecule has 0 saturated heterocycles. The summed E-state index contributed by atoms with van der Waals surface area (Å²) >= 11 is 7.72. The highest BCUT2D eigenvalue weighted by atomic mass is 35.5.